The van der Waals surface area contributed by atoms with E-state index in [1.54, 1.807) is 25.9 Å². The van der Waals surface area contributed by atoms with Gasteiger partial charge in [-0.15, -0.1) is 0 Å². The van der Waals surface area contributed by atoms with Crippen molar-refractivity contribution < 1.29 is 14.4 Å². The fourth-order valence-corrected chi connectivity index (χ4v) is 3.52. The minimum Gasteiger partial charge on any atom is -0.357 e. The summed E-state index contributed by atoms with van der Waals surface area (Å²) in [5.41, 5.74) is 0. The first kappa shape index (κ1) is 17.7. The molecule has 0 radical (unpaired) electrons. The van der Waals surface area contributed by atoms with E-state index < -0.39 is 12.1 Å². The van der Waals surface area contributed by atoms with Gasteiger partial charge in [0, 0.05) is 13.1 Å². The van der Waals surface area contributed by atoms with Gasteiger partial charge in [-0.05, 0) is 39.7 Å². The lowest BCUT2D eigenvalue weighted by molar-refractivity contribution is -0.144. The number of nitrogens with one attached hydrogen (secondary N) is 3. The molecule has 2 fully saturated rings. The Labute approximate surface area is 137 Å². The van der Waals surface area contributed by atoms with Crippen LogP contribution in [-0.2, 0) is 14.4 Å². The van der Waals surface area contributed by atoms with E-state index in [-0.39, 0.29) is 29.8 Å². The van der Waals surface area contributed by atoms with E-state index >= 15 is 0 Å². The van der Waals surface area contributed by atoms with Crippen LogP contribution in [0.25, 0.3) is 0 Å². The molecule has 0 aromatic heterocycles. The highest BCUT2D eigenvalue weighted by atomic mass is 16.2. The van der Waals surface area contributed by atoms with Crippen LogP contribution in [-0.4, -0.2) is 60.9 Å². The maximum Gasteiger partial charge on any atom is 0.246 e. The topological polar surface area (TPSA) is 90.5 Å². The van der Waals surface area contributed by atoms with Gasteiger partial charge in [0.15, 0.2) is 0 Å². The summed E-state index contributed by atoms with van der Waals surface area (Å²) in [5.74, 6) is -0.411. The van der Waals surface area contributed by atoms with Crippen LogP contribution in [0.1, 0.15) is 45.4 Å². The smallest absolute Gasteiger partial charge is 0.246 e. The van der Waals surface area contributed by atoms with Crippen LogP contribution in [0.15, 0.2) is 0 Å². The third kappa shape index (κ3) is 3.83. The van der Waals surface area contributed by atoms with Gasteiger partial charge in [0.25, 0.3) is 0 Å². The van der Waals surface area contributed by atoms with Crippen LogP contribution in [0.3, 0.4) is 0 Å². The van der Waals surface area contributed by atoms with Crippen molar-refractivity contribution in [2.75, 3.05) is 14.1 Å². The third-order valence-corrected chi connectivity index (χ3v) is 5.03. The fraction of sp³-hybridized carbons (Fsp3) is 0.812. The Hall–Kier alpha value is -1.63. The normalized spacial score (nSPS) is 29.3. The summed E-state index contributed by atoms with van der Waals surface area (Å²) >= 11 is 0. The Morgan fingerprint density at radius 1 is 1.13 bits per heavy atom. The summed E-state index contributed by atoms with van der Waals surface area (Å²) in [6.07, 6.45) is 5.06. The zero-order valence-electron chi connectivity index (χ0n) is 14.2. The summed E-state index contributed by atoms with van der Waals surface area (Å²) in [4.78, 5) is 38.9. The maximum absolute atomic E-state index is 13.0. The van der Waals surface area contributed by atoms with Gasteiger partial charge in [0.05, 0.1) is 6.04 Å². The molecule has 3 amide bonds. The number of carbonyl (C=O) groups excluding carboxylic acids is 3. The van der Waals surface area contributed by atoms with Crippen LogP contribution < -0.4 is 16.0 Å². The van der Waals surface area contributed by atoms with Crippen molar-refractivity contribution in [3.8, 4) is 0 Å². The zero-order valence-corrected chi connectivity index (χ0v) is 14.2. The highest BCUT2D eigenvalue weighted by Gasteiger charge is 2.43. The molecule has 2 heterocycles. The lowest BCUT2D eigenvalue weighted by Crippen LogP contribution is -2.57. The van der Waals surface area contributed by atoms with E-state index in [9.17, 15) is 14.4 Å². The first-order chi connectivity index (χ1) is 11.0. The first-order valence-electron chi connectivity index (χ1n) is 8.51. The van der Waals surface area contributed by atoms with Crippen LogP contribution in [0, 0.1) is 0 Å². The number of nitrogens with zero attached hydrogens (tertiary/aromatic N) is 1. The predicted molar refractivity (Wildman–Crippen MR) is 86.6 cm³/mol. The molecule has 4 unspecified atom stereocenters. The number of carbonyl (C=O) groups is 3. The number of likely N-dealkylation sites (N-methyl/N-ethyl adjacent to an activating group) is 2. The Kier molecular flexibility index (Phi) is 5.98. The van der Waals surface area contributed by atoms with Gasteiger partial charge in [0.1, 0.15) is 12.1 Å². The standard InChI is InChI=1S/C16H28N4O3/c1-10(17-2)14(21)19-12-7-5-4-6-11-8-9-13(15(22)18-3)20(11)16(12)23/h10-13,17H,4-9H2,1-3H3,(H,18,22)(H,19,21). The van der Waals surface area contributed by atoms with Gasteiger partial charge in [-0.1, -0.05) is 12.8 Å². The molecule has 2 saturated heterocycles. The summed E-state index contributed by atoms with van der Waals surface area (Å²) in [6, 6.07) is -1.17. The van der Waals surface area contributed by atoms with Crippen molar-refractivity contribution in [1.82, 2.24) is 20.9 Å². The summed E-state index contributed by atoms with van der Waals surface area (Å²) in [5, 5.41) is 8.38. The molecule has 3 N–H and O–H groups in total. The first-order valence-corrected chi connectivity index (χ1v) is 8.51. The molecule has 7 nitrogen and oxygen atoms in total. The van der Waals surface area contributed by atoms with Crippen molar-refractivity contribution in [2.24, 2.45) is 0 Å². The molecule has 2 aliphatic heterocycles. The molecule has 0 aromatic carbocycles. The number of fused-ring (bicyclic) bond motifs is 1. The number of amides is 3. The predicted octanol–water partition coefficient (Wildman–Crippen LogP) is -0.241. The minimum atomic E-state index is -0.536. The molecule has 0 aromatic rings. The van der Waals surface area contributed by atoms with E-state index in [0.717, 1.165) is 25.7 Å². The van der Waals surface area contributed by atoms with Crippen LogP contribution in [0.4, 0.5) is 0 Å². The van der Waals surface area contributed by atoms with Gasteiger partial charge in [-0.3, -0.25) is 14.4 Å². The van der Waals surface area contributed by atoms with Crippen LogP contribution >= 0.6 is 0 Å². The second-order valence-corrected chi connectivity index (χ2v) is 6.46. The van der Waals surface area contributed by atoms with Gasteiger partial charge in [-0.2, -0.15) is 0 Å². The monoisotopic (exact) mass is 324 g/mol. The Bertz CT molecular complexity index is 468. The summed E-state index contributed by atoms with van der Waals surface area (Å²) in [6.45, 7) is 1.76. The SMILES string of the molecule is CNC(=O)C1CCC2CCCCC(NC(=O)C(C)NC)C(=O)N21. The Balaban J connectivity index is 2.16. The highest BCUT2D eigenvalue weighted by Crippen LogP contribution is 2.31. The molecule has 23 heavy (non-hydrogen) atoms. The largest absolute Gasteiger partial charge is 0.357 e. The lowest BCUT2D eigenvalue weighted by atomic mass is 9.98. The average molecular weight is 324 g/mol. The van der Waals surface area contributed by atoms with Gasteiger partial charge < -0.3 is 20.9 Å². The zero-order chi connectivity index (χ0) is 17.0. The van der Waals surface area contributed by atoms with E-state index in [2.05, 4.69) is 16.0 Å². The van der Waals surface area contributed by atoms with Gasteiger partial charge in [0.2, 0.25) is 17.7 Å². The summed E-state index contributed by atoms with van der Waals surface area (Å²) in [7, 11) is 3.31. The molecular weight excluding hydrogens is 296 g/mol. The molecule has 4 atom stereocenters. The minimum absolute atomic E-state index is 0.113. The van der Waals surface area contributed by atoms with Crippen LogP contribution in [0.2, 0.25) is 0 Å². The van der Waals surface area contributed by atoms with Gasteiger partial charge >= 0.3 is 0 Å². The second kappa shape index (κ2) is 7.77. The fourth-order valence-electron chi connectivity index (χ4n) is 3.52. The molecule has 0 bridgehead atoms. The lowest BCUT2D eigenvalue weighted by Gasteiger charge is -2.35. The highest BCUT2D eigenvalue weighted by molar-refractivity contribution is 5.93. The van der Waals surface area contributed by atoms with Crippen molar-refractivity contribution in [1.29, 1.82) is 0 Å². The second-order valence-electron chi connectivity index (χ2n) is 6.46. The Morgan fingerprint density at radius 2 is 1.83 bits per heavy atom. The number of hydrogen-bond donors (Lipinski definition) is 3. The van der Waals surface area contributed by atoms with Crippen molar-refractivity contribution >= 4 is 17.7 Å². The summed E-state index contributed by atoms with van der Waals surface area (Å²) < 4.78 is 0. The Morgan fingerprint density at radius 3 is 2.48 bits per heavy atom. The van der Waals surface area contributed by atoms with Crippen molar-refractivity contribution in [3.63, 3.8) is 0 Å². The van der Waals surface area contributed by atoms with Gasteiger partial charge in [-0.25, -0.2) is 0 Å². The van der Waals surface area contributed by atoms with Crippen molar-refractivity contribution in [3.05, 3.63) is 0 Å². The van der Waals surface area contributed by atoms with E-state index in [4.69, 9.17) is 0 Å². The van der Waals surface area contributed by atoms with Crippen LogP contribution in [0.5, 0.6) is 0 Å². The average Bonchev–Trinajstić information content (AvgIpc) is 2.97. The van der Waals surface area contributed by atoms with Crippen molar-refractivity contribution in [2.45, 2.75) is 69.6 Å². The molecule has 0 saturated carbocycles. The van der Waals surface area contributed by atoms with E-state index in [1.165, 1.54) is 0 Å². The van der Waals surface area contributed by atoms with E-state index in [1.807, 2.05) is 0 Å². The number of rotatable bonds is 4. The third-order valence-electron chi connectivity index (χ3n) is 5.03. The maximum atomic E-state index is 13.0. The molecule has 2 aliphatic rings. The molecule has 0 spiro atoms. The molecule has 7 heteroatoms. The molecular formula is C16H28N4O3. The number of hydrogen-bond acceptors (Lipinski definition) is 4. The molecule has 2 rings (SSSR count). The molecule has 0 aliphatic carbocycles. The molecule has 130 valence electrons. The van der Waals surface area contributed by atoms with E-state index in [0.29, 0.717) is 12.8 Å². The quantitative estimate of drug-likeness (QED) is 0.666.